The van der Waals surface area contributed by atoms with Crippen molar-refractivity contribution in [3.63, 3.8) is 0 Å². The number of nitrogens with zero attached hydrogens (tertiary/aromatic N) is 1. The fraction of sp³-hybridized carbons (Fsp3) is 0.538. The average Bonchev–Trinajstić information content (AvgIpc) is 2.27. The highest BCUT2D eigenvalue weighted by atomic mass is 16.6. The number of carbonyl (C=O) groups is 1. The number of aromatic nitrogens is 1. The number of pyridine rings is 1. The van der Waals surface area contributed by atoms with Gasteiger partial charge in [0.2, 0.25) is 0 Å². The van der Waals surface area contributed by atoms with E-state index in [4.69, 9.17) is 15.2 Å². The van der Waals surface area contributed by atoms with E-state index in [2.05, 4.69) is 4.98 Å². The summed E-state index contributed by atoms with van der Waals surface area (Å²) < 4.78 is 11.1. The number of carbonyl (C=O) groups excluding carboxylic acids is 1. The SMILES string of the molecule is CC1CC(OC(=O)c2ccncc2N)CC(C)O1. The van der Waals surface area contributed by atoms with E-state index in [0.717, 1.165) is 12.8 Å². The molecule has 2 unspecified atom stereocenters. The predicted octanol–water partition coefficient (Wildman–Crippen LogP) is 1.78. The van der Waals surface area contributed by atoms with Crippen molar-refractivity contribution in [3.8, 4) is 0 Å². The molecule has 1 aromatic rings. The molecule has 2 atom stereocenters. The first-order valence-corrected chi connectivity index (χ1v) is 6.12. The first-order valence-electron chi connectivity index (χ1n) is 6.12. The van der Waals surface area contributed by atoms with E-state index in [1.807, 2.05) is 13.8 Å². The molecule has 2 heterocycles. The fourth-order valence-electron chi connectivity index (χ4n) is 2.25. The van der Waals surface area contributed by atoms with Gasteiger partial charge in [0.25, 0.3) is 0 Å². The van der Waals surface area contributed by atoms with Gasteiger partial charge < -0.3 is 15.2 Å². The summed E-state index contributed by atoms with van der Waals surface area (Å²) in [5, 5.41) is 0. The van der Waals surface area contributed by atoms with Gasteiger partial charge in [0.15, 0.2) is 0 Å². The van der Waals surface area contributed by atoms with Crippen LogP contribution in [0.1, 0.15) is 37.0 Å². The molecule has 0 saturated carbocycles. The molecule has 0 aromatic carbocycles. The summed E-state index contributed by atoms with van der Waals surface area (Å²) in [4.78, 5) is 15.8. The lowest BCUT2D eigenvalue weighted by atomic mass is 10.0. The number of hydrogen-bond acceptors (Lipinski definition) is 5. The molecule has 0 spiro atoms. The Hall–Kier alpha value is -1.62. The topological polar surface area (TPSA) is 74.4 Å². The first kappa shape index (κ1) is 12.8. The van der Waals surface area contributed by atoms with Crippen LogP contribution in [-0.4, -0.2) is 29.3 Å². The minimum atomic E-state index is -0.388. The number of rotatable bonds is 2. The maximum Gasteiger partial charge on any atom is 0.340 e. The molecule has 2 rings (SSSR count). The van der Waals surface area contributed by atoms with E-state index in [0.29, 0.717) is 11.3 Å². The van der Waals surface area contributed by atoms with Gasteiger partial charge >= 0.3 is 5.97 Å². The molecular weight excluding hydrogens is 232 g/mol. The summed E-state index contributed by atoms with van der Waals surface area (Å²) in [5.74, 6) is -0.388. The zero-order valence-electron chi connectivity index (χ0n) is 10.6. The van der Waals surface area contributed by atoms with Gasteiger partial charge in [0, 0.05) is 19.0 Å². The van der Waals surface area contributed by atoms with E-state index in [1.54, 1.807) is 6.07 Å². The minimum Gasteiger partial charge on any atom is -0.459 e. The third kappa shape index (κ3) is 2.98. The van der Waals surface area contributed by atoms with Crippen molar-refractivity contribution in [2.75, 3.05) is 5.73 Å². The van der Waals surface area contributed by atoms with Gasteiger partial charge in [-0.1, -0.05) is 0 Å². The molecule has 2 N–H and O–H groups in total. The normalized spacial score (nSPS) is 27.8. The first-order chi connectivity index (χ1) is 8.56. The van der Waals surface area contributed by atoms with Crippen LogP contribution in [0.3, 0.4) is 0 Å². The van der Waals surface area contributed by atoms with Crippen LogP contribution in [0.2, 0.25) is 0 Å². The van der Waals surface area contributed by atoms with E-state index in [-0.39, 0.29) is 24.3 Å². The zero-order chi connectivity index (χ0) is 13.1. The number of ether oxygens (including phenoxy) is 2. The van der Waals surface area contributed by atoms with E-state index in [9.17, 15) is 4.79 Å². The smallest absolute Gasteiger partial charge is 0.340 e. The Kier molecular flexibility index (Phi) is 3.81. The lowest BCUT2D eigenvalue weighted by molar-refractivity contribution is -0.0855. The van der Waals surface area contributed by atoms with Crippen LogP contribution in [-0.2, 0) is 9.47 Å². The standard InChI is InChI=1S/C13H18N2O3/c1-8-5-10(6-9(2)17-8)18-13(16)11-3-4-15-7-12(11)14/h3-4,7-10H,5-6,14H2,1-2H3. The summed E-state index contributed by atoms with van der Waals surface area (Å²) in [6, 6.07) is 1.57. The maximum atomic E-state index is 12.0. The number of esters is 1. The van der Waals surface area contributed by atoms with Crippen molar-refractivity contribution in [2.24, 2.45) is 0 Å². The number of nitrogens with two attached hydrogens (primary N) is 1. The number of anilines is 1. The molecule has 0 amide bonds. The molecule has 98 valence electrons. The monoisotopic (exact) mass is 250 g/mol. The third-order valence-corrected chi connectivity index (χ3v) is 3.00. The second-order valence-electron chi connectivity index (χ2n) is 4.72. The van der Waals surface area contributed by atoms with Gasteiger partial charge in [-0.3, -0.25) is 4.98 Å². The number of hydrogen-bond donors (Lipinski definition) is 1. The Morgan fingerprint density at radius 2 is 2.11 bits per heavy atom. The average molecular weight is 250 g/mol. The number of nitrogen functional groups attached to an aromatic ring is 1. The van der Waals surface area contributed by atoms with Crippen LogP contribution in [0.5, 0.6) is 0 Å². The van der Waals surface area contributed by atoms with Crippen molar-refractivity contribution in [2.45, 2.75) is 45.0 Å². The van der Waals surface area contributed by atoms with Crippen molar-refractivity contribution in [1.29, 1.82) is 0 Å². The summed E-state index contributed by atoms with van der Waals surface area (Å²) in [5.41, 5.74) is 6.41. The maximum absolute atomic E-state index is 12.0. The Morgan fingerprint density at radius 3 is 2.72 bits per heavy atom. The van der Waals surface area contributed by atoms with Gasteiger partial charge in [-0.25, -0.2) is 4.79 Å². The molecule has 1 saturated heterocycles. The summed E-state index contributed by atoms with van der Waals surface area (Å²) in [6.07, 6.45) is 4.54. The Balaban J connectivity index is 2.01. The minimum absolute atomic E-state index is 0.108. The Bertz CT molecular complexity index is 426. The van der Waals surface area contributed by atoms with Crippen molar-refractivity contribution in [1.82, 2.24) is 4.98 Å². The second kappa shape index (κ2) is 5.35. The second-order valence-corrected chi connectivity index (χ2v) is 4.72. The largest absolute Gasteiger partial charge is 0.459 e. The molecule has 0 bridgehead atoms. The highest BCUT2D eigenvalue weighted by Crippen LogP contribution is 2.23. The van der Waals surface area contributed by atoms with E-state index in [1.165, 1.54) is 12.4 Å². The lowest BCUT2D eigenvalue weighted by Crippen LogP contribution is -2.35. The molecule has 5 nitrogen and oxygen atoms in total. The Morgan fingerprint density at radius 1 is 1.44 bits per heavy atom. The van der Waals surface area contributed by atoms with Crippen molar-refractivity contribution in [3.05, 3.63) is 24.0 Å². The quantitative estimate of drug-likeness (QED) is 0.810. The molecule has 18 heavy (non-hydrogen) atoms. The van der Waals surface area contributed by atoms with E-state index >= 15 is 0 Å². The summed E-state index contributed by atoms with van der Waals surface area (Å²) >= 11 is 0. The molecular formula is C13H18N2O3. The molecule has 1 aromatic heterocycles. The molecule has 0 radical (unpaired) electrons. The molecule has 0 aliphatic carbocycles. The third-order valence-electron chi connectivity index (χ3n) is 3.00. The van der Waals surface area contributed by atoms with Crippen LogP contribution >= 0.6 is 0 Å². The van der Waals surface area contributed by atoms with Gasteiger partial charge in [0.1, 0.15) is 6.10 Å². The summed E-state index contributed by atoms with van der Waals surface area (Å²) in [6.45, 7) is 3.97. The lowest BCUT2D eigenvalue weighted by Gasteiger charge is -2.31. The van der Waals surface area contributed by atoms with Crippen LogP contribution < -0.4 is 5.73 Å². The zero-order valence-corrected chi connectivity index (χ0v) is 10.6. The molecule has 1 aliphatic heterocycles. The Labute approximate surface area is 106 Å². The van der Waals surface area contributed by atoms with Gasteiger partial charge in [-0.2, -0.15) is 0 Å². The van der Waals surface area contributed by atoms with Gasteiger partial charge in [-0.05, 0) is 19.9 Å². The molecule has 1 aliphatic rings. The fourth-order valence-corrected chi connectivity index (χ4v) is 2.25. The van der Waals surface area contributed by atoms with Crippen LogP contribution in [0.25, 0.3) is 0 Å². The van der Waals surface area contributed by atoms with Gasteiger partial charge in [0.05, 0.1) is 29.7 Å². The molecule has 5 heteroatoms. The van der Waals surface area contributed by atoms with Crippen LogP contribution in [0.4, 0.5) is 5.69 Å². The van der Waals surface area contributed by atoms with Crippen LogP contribution in [0.15, 0.2) is 18.5 Å². The van der Waals surface area contributed by atoms with Crippen molar-refractivity contribution < 1.29 is 14.3 Å². The van der Waals surface area contributed by atoms with Crippen molar-refractivity contribution >= 4 is 11.7 Å². The highest BCUT2D eigenvalue weighted by molar-refractivity contribution is 5.94. The van der Waals surface area contributed by atoms with Gasteiger partial charge in [-0.15, -0.1) is 0 Å². The summed E-state index contributed by atoms with van der Waals surface area (Å²) in [7, 11) is 0. The predicted molar refractivity (Wildman–Crippen MR) is 67.1 cm³/mol. The molecule has 1 fully saturated rings. The highest BCUT2D eigenvalue weighted by Gasteiger charge is 2.27. The van der Waals surface area contributed by atoms with E-state index < -0.39 is 0 Å². The van der Waals surface area contributed by atoms with Crippen LogP contribution in [0, 0.1) is 0 Å².